The molecular weight excluding hydrogens is 288 g/mol. The van der Waals surface area contributed by atoms with E-state index in [1.165, 1.54) is 4.31 Å². The second-order valence-corrected chi connectivity index (χ2v) is 7.25. The van der Waals surface area contributed by atoms with Crippen LogP contribution in [0, 0.1) is 11.3 Å². The zero-order valence-electron chi connectivity index (χ0n) is 12.1. The summed E-state index contributed by atoms with van der Waals surface area (Å²) < 4.78 is 26.7. The zero-order chi connectivity index (χ0) is 15.5. The lowest BCUT2D eigenvalue weighted by Crippen LogP contribution is -2.56. The van der Waals surface area contributed by atoms with Gasteiger partial charge >= 0.3 is 0 Å². The van der Waals surface area contributed by atoms with E-state index in [1.54, 1.807) is 24.3 Å². The van der Waals surface area contributed by atoms with Gasteiger partial charge in [-0.25, -0.2) is 8.42 Å². The van der Waals surface area contributed by atoms with Gasteiger partial charge in [-0.15, -0.1) is 0 Å². The quantitative estimate of drug-likeness (QED) is 0.843. The normalized spacial score (nSPS) is 21.1. The van der Waals surface area contributed by atoms with E-state index in [2.05, 4.69) is 4.90 Å². The molecule has 0 amide bonds. The summed E-state index contributed by atoms with van der Waals surface area (Å²) in [6.45, 7) is 2.15. The molecule has 21 heavy (non-hydrogen) atoms. The van der Waals surface area contributed by atoms with Gasteiger partial charge in [0.05, 0.1) is 17.4 Å². The Morgan fingerprint density at radius 2 is 2.00 bits per heavy atom. The van der Waals surface area contributed by atoms with E-state index in [0.29, 0.717) is 37.3 Å². The van der Waals surface area contributed by atoms with Crippen molar-refractivity contribution in [1.29, 1.82) is 5.26 Å². The van der Waals surface area contributed by atoms with Crippen LogP contribution in [0.1, 0.15) is 11.1 Å². The molecule has 0 bridgehead atoms. The minimum Gasteiger partial charge on any atom is -0.329 e. The minimum absolute atomic E-state index is 0.0566. The molecule has 114 valence electrons. The molecular formula is C14H20N4O2S. The van der Waals surface area contributed by atoms with Crippen LogP contribution in [0.5, 0.6) is 0 Å². The van der Waals surface area contributed by atoms with Crippen molar-refractivity contribution in [2.75, 3.05) is 33.2 Å². The Bertz CT molecular complexity index is 621. The largest absolute Gasteiger partial charge is 0.329 e. The Balaban J connectivity index is 2.15. The second-order valence-electron chi connectivity index (χ2n) is 5.33. The molecule has 1 aliphatic rings. The second kappa shape index (κ2) is 6.54. The number of hydrogen-bond acceptors (Lipinski definition) is 5. The van der Waals surface area contributed by atoms with Crippen molar-refractivity contribution in [3.05, 3.63) is 35.4 Å². The van der Waals surface area contributed by atoms with Crippen molar-refractivity contribution < 1.29 is 8.42 Å². The summed E-state index contributed by atoms with van der Waals surface area (Å²) in [6, 6.07) is 8.48. The first-order valence-electron chi connectivity index (χ1n) is 6.83. The number of hydrogen-bond donors (Lipinski definition) is 1. The van der Waals surface area contributed by atoms with E-state index in [1.807, 2.05) is 13.1 Å². The molecule has 6 nitrogen and oxygen atoms in total. The number of nitrogens with zero attached hydrogens (tertiary/aromatic N) is 3. The predicted octanol–water partition coefficient (Wildman–Crippen LogP) is -0.0372. The molecule has 0 spiro atoms. The maximum absolute atomic E-state index is 12.6. The first kappa shape index (κ1) is 15.9. The molecule has 1 unspecified atom stereocenters. The monoisotopic (exact) mass is 308 g/mol. The molecule has 0 saturated carbocycles. The highest BCUT2D eigenvalue weighted by atomic mass is 32.2. The molecule has 0 radical (unpaired) electrons. The summed E-state index contributed by atoms with van der Waals surface area (Å²) in [5, 5.41) is 8.76. The molecule has 2 rings (SSSR count). The Kier molecular flexibility index (Phi) is 4.96. The lowest BCUT2D eigenvalue weighted by molar-refractivity contribution is 0.164. The third-order valence-corrected chi connectivity index (χ3v) is 5.59. The molecule has 1 atom stereocenters. The lowest BCUT2D eigenvalue weighted by Gasteiger charge is -2.38. The van der Waals surface area contributed by atoms with E-state index in [9.17, 15) is 8.42 Å². The van der Waals surface area contributed by atoms with Gasteiger partial charge in [-0.2, -0.15) is 9.57 Å². The summed E-state index contributed by atoms with van der Waals surface area (Å²) in [7, 11) is -1.43. The number of rotatable bonds is 4. The van der Waals surface area contributed by atoms with Gasteiger partial charge < -0.3 is 10.6 Å². The SMILES string of the molecule is CN1CCN(S(=O)(=O)Cc2ccc(C#N)cc2)C(CN)C1. The predicted molar refractivity (Wildman–Crippen MR) is 80.8 cm³/mol. The molecule has 1 aromatic rings. The highest BCUT2D eigenvalue weighted by Crippen LogP contribution is 2.17. The van der Waals surface area contributed by atoms with Crippen LogP contribution >= 0.6 is 0 Å². The van der Waals surface area contributed by atoms with Crippen molar-refractivity contribution in [3.63, 3.8) is 0 Å². The first-order valence-corrected chi connectivity index (χ1v) is 8.44. The van der Waals surface area contributed by atoms with Gasteiger partial charge in [-0.1, -0.05) is 12.1 Å². The fraction of sp³-hybridized carbons (Fsp3) is 0.500. The van der Waals surface area contributed by atoms with Crippen molar-refractivity contribution in [2.24, 2.45) is 5.73 Å². The lowest BCUT2D eigenvalue weighted by atomic mass is 10.2. The van der Waals surface area contributed by atoms with Gasteiger partial charge in [0.1, 0.15) is 0 Å². The molecule has 1 fully saturated rings. The number of nitrogens with two attached hydrogens (primary N) is 1. The molecule has 7 heteroatoms. The number of nitriles is 1. The van der Waals surface area contributed by atoms with Gasteiger partial charge in [0.2, 0.25) is 10.0 Å². The van der Waals surface area contributed by atoms with E-state index >= 15 is 0 Å². The zero-order valence-corrected chi connectivity index (χ0v) is 12.9. The van der Waals surface area contributed by atoms with Gasteiger partial charge in [-0.3, -0.25) is 0 Å². The van der Waals surface area contributed by atoms with Gasteiger partial charge in [0, 0.05) is 32.2 Å². The van der Waals surface area contributed by atoms with Crippen molar-refractivity contribution in [1.82, 2.24) is 9.21 Å². The standard InChI is InChI=1S/C14H20N4O2S/c1-17-6-7-18(14(9-16)10-17)21(19,20)11-13-4-2-12(8-15)3-5-13/h2-5,14H,6-7,9-11,16H2,1H3. The molecule has 2 N–H and O–H groups in total. The van der Waals surface area contributed by atoms with Crippen LogP contribution in [-0.4, -0.2) is 56.9 Å². The van der Waals surface area contributed by atoms with Crippen molar-refractivity contribution >= 4 is 10.0 Å². The Morgan fingerprint density at radius 1 is 1.33 bits per heavy atom. The van der Waals surface area contributed by atoms with E-state index in [4.69, 9.17) is 11.0 Å². The number of benzene rings is 1. The highest BCUT2D eigenvalue weighted by molar-refractivity contribution is 7.88. The van der Waals surface area contributed by atoms with Crippen LogP contribution in [0.4, 0.5) is 0 Å². The van der Waals surface area contributed by atoms with E-state index < -0.39 is 10.0 Å². The topological polar surface area (TPSA) is 90.4 Å². The first-order chi connectivity index (χ1) is 9.96. The summed E-state index contributed by atoms with van der Waals surface area (Å²) in [5.74, 6) is -0.0566. The van der Waals surface area contributed by atoms with Gasteiger partial charge in [0.25, 0.3) is 0 Å². The van der Waals surface area contributed by atoms with Crippen molar-refractivity contribution in [3.8, 4) is 6.07 Å². The third kappa shape index (κ3) is 3.80. The maximum Gasteiger partial charge on any atom is 0.218 e. The summed E-state index contributed by atoms with van der Waals surface area (Å²) in [4.78, 5) is 2.09. The van der Waals surface area contributed by atoms with Gasteiger partial charge in [-0.05, 0) is 24.7 Å². The fourth-order valence-electron chi connectivity index (χ4n) is 2.52. The molecule has 0 aromatic heterocycles. The fourth-order valence-corrected chi connectivity index (χ4v) is 4.27. The molecule has 1 aliphatic heterocycles. The van der Waals surface area contributed by atoms with E-state index in [-0.39, 0.29) is 11.8 Å². The van der Waals surface area contributed by atoms with Crippen molar-refractivity contribution in [2.45, 2.75) is 11.8 Å². The highest BCUT2D eigenvalue weighted by Gasteiger charge is 2.33. The smallest absolute Gasteiger partial charge is 0.218 e. The molecule has 1 aromatic carbocycles. The maximum atomic E-state index is 12.6. The van der Waals surface area contributed by atoms with Crippen LogP contribution < -0.4 is 5.73 Å². The van der Waals surface area contributed by atoms with E-state index in [0.717, 1.165) is 0 Å². The Hall–Kier alpha value is -1.46. The van der Waals surface area contributed by atoms with Crippen LogP contribution in [0.25, 0.3) is 0 Å². The van der Waals surface area contributed by atoms with Crippen LogP contribution in [0.2, 0.25) is 0 Å². The summed E-state index contributed by atoms with van der Waals surface area (Å²) >= 11 is 0. The number of piperazine rings is 1. The summed E-state index contributed by atoms with van der Waals surface area (Å²) in [5.41, 5.74) is 6.92. The third-order valence-electron chi connectivity index (χ3n) is 3.69. The Morgan fingerprint density at radius 3 is 2.57 bits per heavy atom. The average Bonchev–Trinajstić information content (AvgIpc) is 2.47. The number of likely N-dealkylation sites (N-methyl/N-ethyl adjacent to an activating group) is 1. The van der Waals surface area contributed by atoms with Gasteiger partial charge in [0.15, 0.2) is 0 Å². The average molecular weight is 308 g/mol. The molecule has 1 heterocycles. The number of sulfonamides is 1. The summed E-state index contributed by atoms with van der Waals surface area (Å²) in [6.07, 6.45) is 0. The van der Waals surface area contributed by atoms with Crippen LogP contribution in [-0.2, 0) is 15.8 Å². The molecule has 1 saturated heterocycles. The van der Waals surface area contributed by atoms with Crippen LogP contribution in [0.15, 0.2) is 24.3 Å². The minimum atomic E-state index is -3.40. The van der Waals surface area contributed by atoms with Crippen LogP contribution in [0.3, 0.4) is 0 Å². The Labute approximate surface area is 125 Å². The molecule has 0 aliphatic carbocycles.